The van der Waals surface area contributed by atoms with Crippen molar-refractivity contribution in [1.29, 1.82) is 5.26 Å². The van der Waals surface area contributed by atoms with Crippen LogP contribution in [0.15, 0.2) is 76.3 Å². The van der Waals surface area contributed by atoms with Crippen molar-refractivity contribution in [3.05, 3.63) is 71.8 Å². The summed E-state index contributed by atoms with van der Waals surface area (Å²) < 4.78 is 5.48. The summed E-state index contributed by atoms with van der Waals surface area (Å²) in [4.78, 5) is 20.8. The number of ether oxygens (including phenoxy) is 1. The van der Waals surface area contributed by atoms with Gasteiger partial charge in [0.15, 0.2) is 5.84 Å². The van der Waals surface area contributed by atoms with Gasteiger partial charge in [-0.3, -0.25) is 4.79 Å². The van der Waals surface area contributed by atoms with Crippen molar-refractivity contribution in [2.75, 3.05) is 7.11 Å². The molecule has 2 aromatic carbocycles. The zero-order chi connectivity index (χ0) is 18.8. The summed E-state index contributed by atoms with van der Waals surface area (Å²) in [5, 5.41) is 11.7. The van der Waals surface area contributed by atoms with Gasteiger partial charge in [-0.1, -0.05) is 48.6 Å². The number of aliphatic imine (C=N–C) groups is 2. The van der Waals surface area contributed by atoms with Gasteiger partial charge in [-0.2, -0.15) is 10.3 Å². The largest absolute Gasteiger partial charge is 0.496 e. The van der Waals surface area contributed by atoms with Crippen molar-refractivity contribution in [1.82, 2.24) is 0 Å². The maximum atomic E-state index is 12.3. The molecule has 1 aliphatic carbocycles. The van der Waals surface area contributed by atoms with E-state index in [1.807, 2.05) is 42.5 Å². The fourth-order valence-corrected chi connectivity index (χ4v) is 3.18. The van der Waals surface area contributed by atoms with Crippen molar-refractivity contribution in [3.8, 4) is 11.8 Å². The fourth-order valence-electron chi connectivity index (χ4n) is 3.18. The number of hydrogen-bond donors (Lipinski definition) is 0. The van der Waals surface area contributed by atoms with E-state index in [9.17, 15) is 10.1 Å². The van der Waals surface area contributed by atoms with E-state index in [4.69, 9.17) is 4.74 Å². The zero-order valence-corrected chi connectivity index (χ0v) is 14.6. The maximum Gasteiger partial charge on any atom is 0.260 e. The van der Waals surface area contributed by atoms with Gasteiger partial charge in [0.1, 0.15) is 17.7 Å². The molecule has 1 atom stereocenters. The van der Waals surface area contributed by atoms with Crippen LogP contribution >= 0.6 is 0 Å². The minimum Gasteiger partial charge on any atom is -0.496 e. The van der Waals surface area contributed by atoms with Crippen LogP contribution in [0.4, 0.5) is 0 Å². The van der Waals surface area contributed by atoms with Crippen molar-refractivity contribution in [2.24, 2.45) is 15.9 Å². The Labute approximate surface area is 156 Å². The number of nitrogens with zero attached hydrogens (tertiary/aromatic N) is 3. The van der Waals surface area contributed by atoms with Crippen LogP contribution in [-0.2, 0) is 4.79 Å². The Morgan fingerprint density at radius 1 is 1.19 bits per heavy atom. The van der Waals surface area contributed by atoms with Gasteiger partial charge in [-0.25, -0.2) is 4.99 Å². The molecule has 0 saturated heterocycles. The van der Waals surface area contributed by atoms with Crippen molar-refractivity contribution in [2.45, 2.75) is 0 Å². The van der Waals surface area contributed by atoms with Crippen LogP contribution in [0.1, 0.15) is 5.56 Å². The molecule has 0 spiro atoms. The molecule has 1 unspecified atom stereocenters. The van der Waals surface area contributed by atoms with Gasteiger partial charge in [0.05, 0.1) is 18.4 Å². The van der Waals surface area contributed by atoms with E-state index in [0.29, 0.717) is 11.5 Å². The number of nitriles is 1. The molecule has 5 nitrogen and oxygen atoms in total. The van der Waals surface area contributed by atoms with E-state index < -0.39 is 5.92 Å². The Morgan fingerprint density at radius 2 is 2.04 bits per heavy atom. The number of hydrogen-bond acceptors (Lipinski definition) is 4. The quantitative estimate of drug-likeness (QED) is 0.786. The van der Waals surface area contributed by atoms with E-state index >= 15 is 0 Å². The second-order valence-corrected chi connectivity index (χ2v) is 6.10. The molecule has 1 amide bonds. The fraction of sp³-hybridized carbons (Fsp3) is 0.0909. The van der Waals surface area contributed by atoms with Crippen LogP contribution in [0.3, 0.4) is 0 Å². The molecule has 2 aliphatic rings. The number of carbonyl (C=O) groups is 1. The van der Waals surface area contributed by atoms with Crippen molar-refractivity contribution < 1.29 is 9.53 Å². The molecule has 0 aromatic heterocycles. The first kappa shape index (κ1) is 16.7. The number of fused-ring (bicyclic) bond motifs is 2. The first-order valence-corrected chi connectivity index (χ1v) is 8.45. The molecule has 130 valence electrons. The highest BCUT2D eigenvalue weighted by molar-refractivity contribution is 6.26. The summed E-state index contributed by atoms with van der Waals surface area (Å²) in [5.41, 5.74) is 1.56. The molecule has 4 rings (SSSR count). The summed E-state index contributed by atoms with van der Waals surface area (Å²) >= 11 is 0. The van der Waals surface area contributed by atoms with Crippen LogP contribution < -0.4 is 4.74 Å². The predicted octanol–water partition coefficient (Wildman–Crippen LogP) is 3.88. The van der Waals surface area contributed by atoms with Crippen molar-refractivity contribution >= 4 is 34.3 Å². The molecule has 5 heteroatoms. The Kier molecular flexibility index (Phi) is 4.23. The topological polar surface area (TPSA) is 74.8 Å². The van der Waals surface area contributed by atoms with Crippen molar-refractivity contribution in [3.63, 3.8) is 0 Å². The SMILES string of the molecule is COc1ccc2ccccc2c1/C=C(\C#N)C1=NC(=O)C2C=CC=CC2=N1. The number of allylic oxidation sites excluding steroid dienone is 3. The Balaban J connectivity index is 1.86. The number of carbonyl (C=O) groups excluding carboxylic acids is 1. The lowest BCUT2D eigenvalue weighted by Crippen LogP contribution is -2.27. The third-order valence-electron chi connectivity index (χ3n) is 4.52. The van der Waals surface area contributed by atoms with Gasteiger partial charge in [-0.05, 0) is 29.0 Å². The summed E-state index contributed by atoms with van der Waals surface area (Å²) in [6.45, 7) is 0. The lowest BCUT2D eigenvalue weighted by atomic mass is 9.95. The molecular formula is C22H15N3O2. The molecule has 0 saturated carbocycles. The van der Waals surface area contributed by atoms with Gasteiger partial charge in [0, 0.05) is 5.56 Å². The van der Waals surface area contributed by atoms with Gasteiger partial charge < -0.3 is 4.74 Å². The third-order valence-corrected chi connectivity index (χ3v) is 4.52. The molecule has 0 N–H and O–H groups in total. The smallest absolute Gasteiger partial charge is 0.260 e. The Hall–Kier alpha value is -3.78. The molecule has 27 heavy (non-hydrogen) atoms. The van der Waals surface area contributed by atoms with Gasteiger partial charge in [0.2, 0.25) is 0 Å². The van der Waals surface area contributed by atoms with Crippen LogP contribution in [0.2, 0.25) is 0 Å². The summed E-state index contributed by atoms with van der Waals surface area (Å²) in [6, 6.07) is 13.8. The summed E-state index contributed by atoms with van der Waals surface area (Å²) in [7, 11) is 1.58. The van der Waals surface area contributed by atoms with E-state index in [1.165, 1.54) is 0 Å². The molecule has 1 heterocycles. The molecule has 2 aromatic rings. The lowest BCUT2D eigenvalue weighted by Gasteiger charge is -2.17. The standard InChI is InChI=1S/C22H15N3O2/c1-27-20-11-10-14-6-2-3-7-16(14)18(20)12-15(13-23)21-24-19-9-5-4-8-17(19)22(26)25-21/h2-12,17H,1H3/b15-12+. The van der Waals surface area contributed by atoms with E-state index in [2.05, 4.69) is 16.1 Å². The number of amides is 1. The highest BCUT2D eigenvalue weighted by atomic mass is 16.5. The van der Waals surface area contributed by atoms with Gasteiger partial charge >= 0.3 is 0 Å². The Morgan fingerprint density at radius 3 is 2.85 bits per heavy atom. The molecule has 0 radical (unpaired) electrons. The molecule has 1 aliphatic heterocycles. The van der Waals surface area contributed by atoms with Crippen LogP contribution in [0.25, 0.3) is 16.8 Å². The van der Waals surface area contributed by atoms with E-state index in [-0.39, 0.29) is 17.3 Å². The molecule has 0 fully saturated rings. The highest BCUT2D eigenvalue weighted by Crippen LogP contribution is 2.30. The summed E-state index contributed by atoms with van der Waals surface area (Å²) in [6.07, 6.45) is 8.81. The first-order chi connectivity index (χ1) is 13.2. The first-order valence-electron chi connectivity index (χ1n) is 8.45. The highest BCUT2D eigenvalue weighted by Gasteiger charge is 2.27. The number of rotatable bonds is 3. The van der Waals surface area contributed by atoms with Crippen LogP contribution in [0, 0.1) is 17.2 Å². The zero-order valence-electron chi connectivity index (χ0n) is 14.6. The number of methoxy groups -OCH3 is 1. The van der Waals surface area contributed by atoms with E-state index in [1.54, 1.807) is 31.4 Å². The van der Waals surface area contributed by atoms with Gasteiger partial charge in [0.25, 0.3) is 5.91 Å². The number of benzene rings is 2. The average Bonchev–Trinajstić information content (AvgIpc) is 2.71. The molecular weight excluding hydrogens is 338 g/mol. The van der Waals surface area contributed by atoms with Crippen LogP contribution in [0.5, 0.6) is 5.75 Å². The predicted molar refractivity (Wildman–Crippen MR) is 106 cm³/mol. The second-order valence-electron chi connectivity index (χ2n) is 6.10. The minimum absolute atomic E-state index is 0.128. The minimum atomic E-state index is -0.467. The Bertz CT molecular complexity index is 1140. The van der Waals surface area contributed by atoms with E-state index in [0.717, 1.165) is 16.3 Å². The monoisotopic (exact) mass is 353 g/mol. The summed E-state index contributed by atoms with van der Waals surface area (Å²) in [5.74, 6) is -0.0219. The number of amidine groups is 1. The maximum absolute atomic E-state index is 12.3. The lowest BCUT2D eigenvalue weighted by molar-refractivity contribution is -0.118. The van der Waals surface area contributed by atoms with Gasteiger partial charge in [-0.15, -0.1) is 0 Å². The molecule has 0 bridgehead atoms. The second kappa shape index (κ2) is 6.85. The third kappa shape index (κ3) is 2.98. The average molecular weight is 353 g/mol. The van der Waals surface area contributed by atoms with Crippen LogP contribution in [-0.4, -0.2) is 24.6 Å². The normalized spacial score (nSPS) is 18.6.